The molecular formula is C22H34O5. The number of ether oxygens (including phenoxy) is 2. The monoisotopic (exact) mass is 378 g/mol. The minimum atomic E-state index is -0.720. The van der Waals surface area contributed by atoms with Gasteiger partial charge in [0.25, 0.3) is 0 Å². The number of esters is 1. The van der Waals surface area contributed by atoms with Crippen LogP contribution in [0.25, 0.3) is 0 Å². The van der Waals surface area contributed by atoms with Crippen LogP contribution in [0.2, 0.25) is 0 Å². The first-order valence-corrected chi connectivity index (χ1v) is 10.1. The fraction of sp³-hybridized carbons (Fsp3) is 0.818. The van der Waals surface area contributed by atoms with Crippen LogP contribution >= 0.6 is 0 Å². The van der Waals surface area contributed by atoms with E-state index in [9.17, 15) is 14.7 Å². The van der Waals surface area contributed by atoms with Crippen molar-refractivity contribution in [1.82, 2.24) is 0 Å². The summed E-state index contributed by atoms with van der Waals surface area (Å²) in [5, 5.41) is 11.2. The van der Waals surface area contributed by atoms with Gasteiger partial charge in [0.05, 0.1) is 23.9 Å². The second kappa shape index (κ2) is 6.41. The number of rotatable bonds is 3. The largest absolute Gasteiger partial charge is 0.465 e. The van der Waals surface area contributed by atoms with Crippen molar-refractivity contribution in [2.75, 3.05) is 6.61 Å². The third kappa shape index (κ3) is 3.17. The molecule has 0 unspecified atom stereocenters. The number of fused-ring (bicyclic) bond motifs is 3. The first-order chi connectivity index (χ1) is 12.4. The third-order valence-electron chi connectivity index (χ3n) is 7.54. The van der Waals surface area contributed by atoms with E-state index < -0.39 is 22.7 Å². The van der Waals surface area contributed by atoms with Gasteiger partial charge in [-0.2, -0.15) is 0 Å². The van der Waals surface area contributed by atoms with Crippen molar-refractivity contribution in [3.05, 3.63) is 12.7 Å². The molecule has 0 bridgehead atoms. The molecule has 1 heterocycles. The van der Waals surface area contributed by atoms with E-state index in [0.717, 1.165) is 19.3 Å². The zero-order valence-corrected chi connectivity index (χ0v) is 17.3. The number of Topliss-reactive ketones (excluding diaryl/α,β-unsaturated/α-hetero) is 1. The number of aliphatic hydroxyl groups excluding tert-OH is 1. The summed E-state index contributed by atoms with van der Waals surface area (Å²) in [6, 6.07) is 0. The standard InChI is InChI=1S/C22H34O5/c1-7-20(4)11-15(24)18-21(5)10-8-9-19(3,13-26-14(2)23)17(21)16(25)12-22(18,6)27-20/h7,15,17-18,24H,1,8-13H2,2-6H3/t15-,17+,18-,19-,20-,21-,22+/m1/s1. The number of carbonyl (C=O) groups excluding carboxylic acids is 2. The van der Waals surface area contributed by atoms with E-state index in [1.165, 1.54) is 6.92 Å². The topological polar surface area (TPSA) is 72.8 Å². The molecule has 152 valence electrons. The van der Waals surface area contributed by atoms with Gasteiger partial charge in [-0.15, -0.1) is 6.58 Å². The van der Waals surface area contributed by atoms with Crippen LogP contribution in [0.15, 0.2) is 12.7 Å². The molecular weight excluding hydrogens is 344 g/mol. The van der Waals surface area contributed by atoms with Crippen LogP contribution in [0.5, 0.6) is 0 Å². The predicted molar refractivity (Wildman–Crippen MR) is 102 cm³/mol. The highest BCUT2D eigenvalue weighted by molar-refractivity contribution is 5.85. The molecule has 3 rings (SSSR count). The summed E-state index contributed by atoms with van der Waals surface area (Å²) in [4.78, 5) is 24.8. The highest BCUT2D eigenvalue weighted by Crippen LogP contribution is 2.64. The molecule has 3 fully saturated rings. The Bertz CT molecular complexity index is 659. The van der Waals surface area contributed by atoms with Gasteiger partial charge in [0, 0.05) is 37.0 Å². The van der Waals surface area contributed by atoms with E-state index in [-0.39, 0.29) is 42.0 Å². The fourth-order valence-corrected chi connectivity index (χ4v) is 6.91. The van der Waals surface area contributed by atoms with Gasteiger partial charge in [0.1, 0.15) is 5.78 Å². The quantitative estimate of drug-likeness (QED) is 0.602. The van der Waals surface area contributed by atoms with Crippen molar-refractivity contribution in [2.45, 2.75) is 84.0 Å². The minimum absolute atomic E-state index is 0.141. The Morgan fingerprint density at radius 2 is 2.00 bits per heavy atom. The Labute approximate surface area is 162 Å². The highest BCUT2D eigenvalue weighted by Gasteiger charge is 2.67. The van der Waals surface area contributed by atoms with E-state index >= 15 is 0 Å². The maximum Gasteiger partial charge on any atom is 0.302 e. The molecule has 0 aromatic rings. The number of hydrogen-bond donors (Lipinski definition) is 1. The molecule has 1 aliphatic heterocycles. The van der Waals surface area contributed by atoms with Gasteiger partial charge in [0.2, 0.25) is 0 Å². The van der Waals surface area contributed by atoms with Gasteiger partial charge in [-0.1, -0.05) is 26.3 Å². The summed E-state index contributed by atoms with van der Waals surface area (Å²) in [5.74, 6) is -0.550. The van der Waals surface area contributed by atoms with Crippen LogP contribution < -0.4 is 0 Å². The van der Waals surface area contributed by atoms with Gasteiger partial charge in [-0.05, 0) is 32.1 Å². The van der Waals surface area contributed by atoms with Crippen molar-refractivity contribution in [3.63, 3.8) is 0 Å². The van der Waals surface area contributed by atoms with E-state index in [1.807, 2.05) is 13.8 Å². The number of carbonyl (C=O) groups is 2. The Morgan fingerprint density at radius 1 is 1.33 bits per heavy atom. The second-order valence-electron chi connectivity index (χ2n) is 10.1. The minimum Gasteiger partial charge on any atom is -0.465 e. The predicted octanol–water partition coefficient (Wildman–Crippen LogP) is 3.44. The third-order valence-corrected chi connectivity index (χ3v) is 7.54. The van der Waals surface area contributed by atoms with E-state index in [2.05, 4.69) is 20.4 Å². The molecule has 2 saturated carbocycles. The maximum atomic E-state index is 13.4. The van der Waals surface area contributed by atoms with Crippen LogP contribution in [0.3, 0.4) is 0 Å². The molecule has 3 aliphatic rings. The van der Waals surface area contributed by atoms with Gasteiger partial charge in [-0.25, -0.2) is 0 Å². The molecule has 0 aromatic carbocycles. The van der Waals surface area contributed by atoms with E-state index in [4.69, 9.17) is 9.47 Å². The Morgan fingerprint density at radius 3 is 2.59 bits per heavy atom. The molecule has 27 heavy (non-hydrogen) atoms. The van der Waals surface area contributed by atoms with Crippen molar-refractivity contribution in [1.29, 1.82) is 0 Å². The lowest BCUT2D eigenvalue weighted by atomic mass is 9.43. The Balaban J connectivity index is 2.02. The molecule has 5 nitrogen and oxygen atoms in total. The first-order valence-electron chi connectivity index (χ1n) is 10.1. The Hall–Kier alpha value is -1.20. The summed E-state index contributed by atoms with van der Waals surface area (Å²) in [7, 11) is 0. The van der Waals surface area contributed by atoms with Crippen LogP contribution in [-0.2, 0) is 19.1 Å². The second-order valence-corrected chi connectivity index (χ2v) is 10.1. The van der Waals surface area contributed by atoms with Crippen LogP contribution in [0, 0.1) is 22.7 Å². The molecule has 2 aliphatic carbocycles. The molecule has 7 atom stereocenters. The molecule has 5 heteroatoms. The van der Waals surface area contributed by atoms with Gasteiger partial charge >= 0.3 is 5.97 Å². The van der Waals surface area contributed by atoms with Gasteiger partial charge in [0.15, 0.2) is 0 Å². The number of hydrogen-bond acceptors (Lipinski definition) is 5. The van der Waals surface area contributed by atoms with Crippen molar-refractivity contribution in [2.24, 2.45) is 22.7 Å². The number of ketones is 1. The fourth-order valence-electron chi connectivity index (χ4n) is 6.91. The molecule has 0 radical (unpaired) electrons. The summed E-state index contributed by atoms with van der Waals surface area (Å²) < 4.78 is 11.8. The van der Waals surface area contributed by atoms with E-state index in [1.54, 1.807) is 6.08 Å². The Kier molecular flexibility index (Phi) is 4.88. The molecule has 1 N–H and O–H groups in total. The lowest BCUT2D eigenvalue weighted by Crippen LogP contribution is -2.69. The lowest BCUT2D eigenvalue weighted by molar-refractivity contribution is -0.275. The van der Waals surface area contributed by atoms with Crippen LogP contribution in [0.1, 0.15) is 66.7 Å². The first kappa shape index (κ1) is 20.5. The SMILES string of the molecule is C=C[C@]1(C)C[C@@H](O)[C@@H]2[C@]3(C)CCC[C@](C)(COC(C)=O)[C@@H]3C(=O)C[C@]2(C)O1. The zero-order chi connectivity index (χ0) is 20.3. The van der Waals surface area contributed by atoms with Crippen molar-refractivity contribution >= 4 is 11.8 Å². The maximum absolute atomic E-state index is 13.4. The highest BCUT2D eigenvalue weighted by atomic mass is 16.5. The molecule has 0 amide bonds. The summed E-state index contributed by atoms with van der Waals surface area (Å²) in [6.07, 6.45) is 4.57. The van der Waals surface area contributed by atoms with Crippen molar-refractivity contribution in [3.8, 4) is 0 Å². The zero-order valence-electron chi connectivity index (χ0n) is 17.3. The average molecular weight is 379 g/mol. The smallest absolute Gasteiger partial charge is 0.302 e. The lowest BCUT2D eigenvalue weighted by Gasteiger charge is -2.65. The molecule has 0 aromatic heterocycles. The summed E-state index contributed by atoms with van der Waals surface area (Å²) >= 11 is 0. The molecule has 1 saturated heterocycles. The normalized spacial score (nSPS) is 49.7. The van der Waals surface area contributed by atoms with Crippen LogP contribution in [0.4, 0.5) is 0 Å². The summed E-state index contributed by atoms with van der Waals surface area (Å²) in [5.41, 5.74) is -2.15. The van der Waals surface area contributed by atoms with E-state index in [0.29, 0.717) is 6.42 Å². The van der Waals surface area contributed by atoms with Crippen LogP contribution in [-0.4, -0.2) is 40.8 Å². The van der Waals surface area contributed by atoms with Gasteiger partial charge in [-0.3, -0.25) is 9.59 Å². The average Bonchev–Trinajstić information content (AvgIpc) is 2.50. The van der Waals surface area contributed by atoms with Crippen molar-refractivity contribution < 1.29 is 24.2 Å². The molecule has 0 spiro atoms. The number of aliphatic hydroxyl groups is 1. The summed E-state index contributed by atoms with van der Waals surface area (Å²) in [6.45, 7) is 13.6. The van der Waals surface area contributed by atoms with Gasteiger partial charge < -0.3 is 14.6 Å².